The first-order chi connectivity index (χ1) is 19.3. The van der Waals surface area contributed by atoms with Crippen molar-refractivity contribution >= 4 is 45.9 Å². The molecule has 9 N–H and O–H groups in total. The van der Waals surface area contributed by atoms with Crippen LogP contribution in [0.1, 0.15) is 32.6 Å². The highest BCUT2D eigenvalue weighted by Gasteiger charge is 2.37. The quantitative estimate of drug-likeness (QED) is 0.0746. The monoisotopic (exact) mass is 632 g/mol. The van der Waals surface area contributed by atoms with Crippen molar-refractivity contribution in [3.63, 3.8) is 0 Å². The molecule has 3 atom stereocenters. The van der Waals surface area contributed by atoms with Crippen molar-refractivity contribution in [1.82, 2.24) is 20.4 Å². The second-order valence-corrected chi connectivity index (χ2v) is 10.6. The Kier molecular flexibility index (Phi) is 20.6. The summed E-state index contributed by atoms with van der Waals surface area (Å²) in [7, 11) is -2.13. The molecule has 1 aliphatic rings. The van der Waals surface area contributed by atoms with E-state index in [0.29, 0.717) is 19.4 Å². The molecule has 19 nitrogen and oxygen atoms in total. The van der Waals surface area contributed by atoms with E-state index in [2.05, 4.69) is 10.6 Å². The molecule has 244 valence electrons. The zero-order valence-electron chi connectivity index (χ0n) is 23.2. The van der Waals surface area contributed by atoms with E-state index in [1.54, 1.807) is 7.05 Å². The van der Waals surface area contributed by atoms with Crippen LogP contribution in [0.4, 0.5) is 0 Å². The lowest BCUT2D eigenvalue weighted by Gasteiger charge is -2.43. The van der Waals surface area contributed by atoms with Gasteiger partial charge in [0.15, 0.2) is 0 Å². The topological polar surface area (TPSA) is 309 Å². The fourth-order valence-electron chi connectivity index (χ4n) is 3.78. The van der Waals surface area contributed by atoms with E-state index >= 15 is 0 Å². The molecule has 0 spiro atoms. The Balaban J connectivity index is 0. The molecule has 0 heterocycles. The van der Waals surface area contributed by atoms with Crippen LogP contribution in [0.5, 0.6) is 0 Å². The number of nitrogens with zero attached hydrogens (tertiary/aromatic N) is 2. The summed E-state index contributed by atoms with van der Waals surface area (Å²) in [5.41, 5.74) is 0. The molecule has 0 bridgehead atoms. The second-order valence-electron chi connectivity index (χ2n) is 9.03. The van der Waals surface area contributed by atoms with Gasteiger partial charge in [-0.1, -0.05) is 12.8 Å². The van der Waals surface area contributed by atoms with Gasteiger partial charge in [-0.15, -0.1) is 0 Å². The van der Waals surface area contributed by atoms with Crippen molar-refractivity contribution in [2.24, 2.45) is 0 Å². The van der Waals surface area contributed by atoms with Crippen molar-refractivity contribution in [3.8, 4) is 0 Å². The van der Waals surface area contributed by atoms with Gasteiger partial charge in [-0.25, -0.2) is 0 Å². The first-order valence-electron chi connectivity index (χ1n) is 12.4. The Bertz CT molecular complexity index is 932. The minimum absolute atomic E-state index is 0.219. The summed E-state index contributed by atoms with van der Waals surface area (Å²) in [6.45, 7) is -0.649. The fraction of sp³-hybridized carbons (Fsp3) is 0.727. The van der Waals surface area contributed by atoms with Gasteiger partial charge >= 0.3 is 35.8 Å². The molecule has 0 aromatic heterocycles. The Labute approximate surface area is 241 Å². The van der Waals surface area contributed by atoms with Gasteiger partial charge in [0.05, 0.1) is 38.5 Å². The molecular weight excluding hydrogens is 592 g/mol. The van der Waals surface area contributed by atoms with Crippen LogP contribution in [-0.4, -0.2) is 159 Å². The van der Waals surface area contributed by atoms with Crippen molar-refractivity contribution < 1.29 is 72.4 Å². The molecule has 1 saturated carbocycles. The van der Waals surface area contributed by atoms with Crippen LogP contribution >= 0.6 is 0 Å². The standard InChI is InChI=1S/C14H22N2O8.C5H9NO4.C3H9NO3S/c17-11(18)5-15(6-12(19)20)9-3-1-2-4-10(9)16(7-13(21)22)8-14(23)24;1-3(5(9)10)6-2-4(7)8;1-4-2-3-8(5,6)7/h9-10H,1-8H2,(H,17,18)(H,19,20)(H,21,22)(H,23,24);3,6H,2H2,1H3,(H,7,8)(H,9,10);4H,2-3H2,1H3,(H,5,6,7). The van der Waals surface area contributed by atoms with Gasteiger partial charge in [-0.05, 0) is 26.8 Å². The van der Waals surface area contributed by atoms with Crippen LogP contribution < -0.4 is 10.6 Å². The summed E-state index contributed by atoms with van der Waals surface area (Å²) in [5, 5.41) is 57.2. The number of nitrogens with one attached hydrogen (secondary N) is 2. The lowest BCUT2D eigenvalue weighted by atomic mass is 9.87. The summed E-state index contributed by atoms with van der Waals surface area (Å²) < 4.78 is 27.9. The molecule has 42 heavy (non-hydrogen) atoms. The van der Waals surface area contributed by atoms with Gasteiger partial charge in [-0.3, -0.25) is 48.4 Å². The minimum Gasteiger partial charge on any atom is -0.480 e. The zero-order chi connectivity index (χ0) is 33.0. The van der Waals surface area contributed by atoms with Gasteiger partial charge in [-0.2, -0.15) is 8.42 Å². The maximum Gasteiger partial charge on any atom is 0.320 e. The molecule has 0 aliphatic heterocycles. The number of carboxylic acid groups (broad SMARTS) is 6. The smallest absolute Gasteiger partial charge is 0.320 e. The maximum atomic E-state index is 11.0. The minimum atomic E-state index is -3.75. The lowest BCUT2D eigenvalue weighted by Crippen LogP contribution is -2.57. The van der Waals surface area contributed by atoms with E-state index in [1.807, 2.05) is 0 Å². The van der Waals surface area contributed by atoms with E-state index in [4.69, 9.17) is 35.2 Å². The molecule has 3 unspecified atom stereocenters. The van der Waals surface area contributed by atoms with Crippen molar-refractivity contribution in [2.75, 3.05) is 52.1 Å². The first-order valence-corrected chi connectivity index (χ1v) is 14.0. The molecule has 20 heteroatoms. The Morgan fingerprint density at radius 2 is 1.10 bits per heavy atom. The number of carbonyl (C=O) groups is 6. The third-order valence-corrected chi connectivity index (χ3v) is 6.25. The molecule has 1 aliphatic carbocycles. The summed E-state index contributed by atoms with van der Waals surface area (Å²) in [6.07, 6.45) is 2.46. The molecule has 1 fully saturated rings. The second kappa shape index (κ2) is 21.3. The molecule has 1 rings (SSSR count). The number of carboxylic acids is 6. The summed E-state index contributed by atoms with van der Waals surface area (Å²) in [4.78, 5) is 66.6. The van der Waals surface area contributed by atoms with Crippen LogP contribution in [-0.2, 0) is 38.9 Å². The van der Waals surface area contributed by atoms with E-state index < -0.39 is 90.2 Å². The van der Waals surface area contributed by atoms with Gasteiger partial charge < -0.3 is 36.0 Å². The molecule has 0 aromatic rings. The number of hydrogen-bond donors (Lipinski definition) is 9. The average Bonchev–Trinajstić information content (AvgIpc) is 2.84. The first kappa shape index (κ1) is 40.7. The van der Waals surface area contributed by atoms with Crippen LogP contribution in [0.3, 0.4) is 0 Å². The molecule has 0 amide bonds. The van der Waals surface area contributed by atoms with Crippen molar-refractivity contribution in [2.45, 2.75) is 50.7 Å². The molecule has 0 saturated heterocycles. The predicted molar refractivity (Wildman–Crippen MR) is 143 cm³/mol. The highest BCUT2D eigenvalue weighted by Crippen LogP contribution is 2.27. The molecular formula is C22H40N4O15S. The van der Waals surface area contributed by atoms with Crippen molar-refractivity contribution in [3.05, 3.63) is 0 Å². The van der Waals surface area contributed by atoms with E-state index in [-0.39, 0.29) is 12.3 Å². The third kappa shape index (κ3) is 22.3. The van der Waals surface area contributed by atoms with Crippen LogP contribution in [0, 0.1) is 0 Å². The number of hydrogen-bond acceptors (Lipinski definition) is 12. The average molecular weight is 633 g/mol. The Morgan fingerprint density at radius 1 is 0.738 bits per heavy atom. The van der Waals surface area contributed by atoms with E-state index in [0.717, 1.165) is 12.8 Å². The highest BCUT2D eigenvalue weighted by atomic mass is 32.2. The predicted octanol–water partition coefficient (Wildman–Crippen LogP) is -2.53. The molecule has 0 radical (unpaired) electrons. The molecule has 0 aromatic carbocycles. The summed E-state index contributed by atoms with van der Waals surface area (Å²) in [5.74, 6) is -7.10. The van der Waals surface area contributed by atoms with Gasteiger partial charge in [0.25, 0.3) is 10.1 Å². The lowest BCUT2D eigenvalue weighted by molar-refractivity contribution is -0.149. The van der Waals surface area contributed by atoms with Crippen LogP contribution in [0.2, 0.25) is 0 Å². The fourth-order valence-corrected chi connectivity index (χ4v) is 4.24. The number of rotatable bonds is 17. The Hall–Kier alpha value is -3.43. The van der Waals surface area contributed by atoms with Crippen LogP contribution in [0.15, 0.2) is 0 Å². The van der Waals surface area contributed by atoms with Crippen LogP contribution in [0.25, 0.3) is 0 Å². The normalized spacial score (nSPS) is 17.2. The van der Waals surface area contributed by atoms with Gasteiger partial charge in [0.2, 0.25) is 0 Å². The Morgan fingerprint density at radius 3 is 1.31 bits per heavy atom. The summed E-state index contributed by atoms with van der Waals surface area (Å²) >= 11 is 0. The van der Waals surface area contributed by atoms with E-state index in [9.17, 15) is 37.2 Å². The highest BCUT2D eigenvalue weighted by molar-refractivity contribution is 7.85. The summed E-state index contributed by atoms with van der Waals surface area (Å²) in [6, 6.07) is -1.86. The van der Waals surface area contributed by atoms with E-state index in [1.165, 1.54) is 16.7 Å². The van der Waals surface area contributed by atoms with Crippen molar-refractivity contribution in [1.29, 1.82) is 0 Å². The third-order valence-electron chi connectivity index (χ3n) is 5.53. The largest absolute Gasteiger partial charge is 0.480 e. The van der Waals surface area contributed by atoms with Gasteiger partial charge in [0.1, 0.15) is 6.04 Å². The number of aliphatic carboxylic acids is 6. The van der Waals surface area contributed by atoms with Gasteiger partial charge in [0, 0.05) is 18.6 Å². The zero-order valence-corrected chi connectivity index (χ0v) is 24.0. The SMILES string of the molecule is CC(NCC(=O)O)C(=O)O.CNCCS(=O)(=O)O.O=C(O)CN(CC(=O)O)C1CCCCC1N(CC(=O)O)CC(=O)O. The maximum absolute atomic E-state index is 11.0.